The van der Waals surface area contributed by atoms with Gasteiger partial charge in [0.25, 0.3) is 0 Å². The van der Waals surface area contributed by atoms with Gasteiger partial charge in [0.15, 0.2) is 0 Å². The van der Waals surface area contributed by atoms with Gasteiger partial charge in [0.05, 0.1) is 17.7 Å². The zero-order valence-electron chi connectivity index (χ0n) is 17.5. The Bertz CT molecular complexity index is 886. The largest absolute Gasteiger partial charge is 0.493 e. The summed E-state index contributed by atoms with van der Waals surface area (Å²) < 4.78 is 48.3. The Morgan fingerprint density at radius 2 is 1.90 bits per heavy atom. The number of hydrogen-bond acceptors (Lipinski definition) is 6. The molecule has 0 saturated carbocycles. The molecule has 1 aromatic carbocycles. The molecule has 30 heavy (non-hydrogen) atoms. The summed E-state index contributed by atoms with van der Waals surface area (Å²) in [5.74, 6) is 0.969. The molecule has 0 bridgehead atoms. The first-order chi connectivity index (χ1) is 14.1. The van der Waals surface area contributed by atoms with Gasteiger partial charge in [-0.15, -0.1) is 11.8 Å². The van der Waals surface area contributed by atoms with Crippen molar-refractivity contribution in [3.05, 3.63) is 29.2 Å². The highest BCUT2D eigenvalue weighted by Crippen LogP contribution is 2.32. The molecule has 0 aliphatic carbocycles. The van der Waals surface area contributed by atoms with Crippen molar-refractivity contribution in [2.75, 3.05) is 12.4 Å². The van der Waals surface area contributed by atoms with Gasteiger partial charge in [-0.2, -0.15) is 18.2 Å². The summed E-state index contributed by atoms with van der Waals surface area (Å²) in [6.07, 6.45) is -1.76. The van der Waals surface area contributed by atoms with Crippen molar-refractivity contribution in [3.8, 4) is 17.1 Å². The first-order valence-electron chi connectivity index (χ1n) is 10.00. The molecular weight excluding hydrogens is 415 g/mol. The van der Waals surface area contributed by atoms with Gasteiger partial charge in [0, 0.05) is 11.3 Å². The second kappa shape index (κ2) is 9.41. The van der Waals surface area contributed by atoms with Crippen LogP contribution in [0, 0.1) is 19.8 Å². The van der Waals surface area contributed by atoms with Crippen LogP contribution in [-0.4, -0.2) is 33.6 Å². The monoisotopic (exact) mass is 441 g/mol. The minimum atomic E-state index is -4.66. The molecule has 0 spiro atoms. The van der Waals surface area contributed by atoms with Crippen LogP contribution in [0.5, 0.6) is 5.75 Å². The van der Waals surface area contributed by atoms with Crippen LogP contribution in [0.3, 0.4) is 0 Å². The van der Waals surface area contributed by atoms with Crippen LogP contribution in [0.15, 0.2) is 21.6 Å². The molecule has 0 N–H and O–H groups in total. The van der Waals surface area contributed by atoms with Crippen LogP contribution in [-0.2, 0) is 6.18 Å². The van der Waals surface area contributed by atoms with Crippen LogP contribution in [0.25, 0.3) is 11.4 Å². The van der Waals surface area contributed by atoms with E-state index in [1.165, 1.54) is 5.04 Å². The number of aliphatic imine (C=N–C) groups is 1. The Balaban J connectivity index is 1.54. The van der Waals surface area contributed by atoms with Crippen molar-refractivity contribution in [3.63, 3.8) is 0 Å². The lowest BCUT2D eigenvalue weighted by molar-refractivity contribution is -0.159. The van der Waals surface area contributed by atoms with Crippen molar-refractivity contribution < 1.29 is 22.4 Å². The fourth-order valence-electron chi connectivity index (χ4n) is 3.23. The molecule has 1 aromatic heterocycles. The number of halogens is 3. The summed E-state index contributed by atoms with van der Waals surface area (Å²) >= 11 is 1.86. The fourth-order valence-corrected chi connectivity index (χ4v) is 4.56. The van der Waals surface area contributed by atoms with Gasteiger partial charge in [-0.3, -0.25) is 4.99 Å². The highest BCUT2D eigenvalue weighted by Gasteiger charge is 2.38. The van der Waals surface area contributed by atoms with Gasteiger partial charge < -0.3 is 9.26 Å². The number of aryl methyl sites for hydroxylation is 2. The number of nitrogens with zero attached hydrogens (tertiary/aromatic N) is 3. The number of hydrogen-bond donors (Lipinski definition) is 0. The van der Waals surface area contributed by atoms with Crippen molar-refractivity contribution in [1.82, 2.24) is 10.1 Å². The number of aromatic nitrogens is 2. The van der Waals surface area contributed by atoms with E-state index in [2.05, 4.69) is 28.5 Å². The smallest absolute Gasteiger partial charge is 0.471 e. The second-order valence-corrected chi connectivity index (χ2v) is 8.90. The van der Waals surface area contributed by atoms with E-state index in [1.807, 2.05) is 25.6 Å². The van der Waals surface area contributed by atoms with Gasteiger partial charge in [0.1, 0.15) is 5.75 Å². The first kappa shape index (κ1) is 22.7. The molecule has 0 radical (unpaired) electrons. The minimum absolute atomic E-state index is 0.0883. The van der Waals surface area contributed by atoms with Gasteiger partial charge in [-0.25, -0.2) is 0 Å². The van der Waals surface area contributed by atoms with Crippen LogP contribution >= 0.6 is 11.8 Å². The van der Waals surface area contributed by atoms with Crippen LogP contribution in [0.1, 0.15) is 50.1 Å². The van der Waals surface area contributed by atoms with Crippen LogP contribution in [0.2, 0.25) is 0 Å². The quantitative estimate of drug-likeness (QED) is 0.464. The highest BCUT2D eigenvalue weighted by molar-refractivity contribution is 8.14. The molecule has 2 heterocycles. The van der Waals surface area contributed by atoms with Crippen molar-refractivity contribution in [1.29, 1.82) is 0 Å². The van der Waals surface area contributed by atoms with Gasteiger partial charge in [-0.1, -0.05) is 19.0 Å². The molecule has 5 nitrogen and oxygen atoms in total. The first-order valence-corrected chi connectivity index (χ1v) is 11.0. The topological polar surface area (TPSA) is 60.5 Å². The summed E-state index contributed by atoms with van der Waals surface area (Å²) in [5.41, 5.74) is 2.10. The maximum absolute atomic E-state index is 12.7. The van der Waals surface area contributed by atoms with E-state index in [0.717, 1.165) is 41.9 Å². The highest BCUT2D eigenvalue weighted by atomic mass is 32.2. The summed E-state index contributed by atoms with van der Waals surface area (Å²) in [6.45, 7) is 8.69. The normalized spacial score (nSPS) is 16.9. The molecule has 3 rings (SSSR count). The van der Waals surface area contributed by atoms with Crippen molar-refractivity contribution in [2.24, 2.45) is 10.9 Å². The van der Waals surface area contributed by atoms with Gasteiger partial charge in [-0.05, 0) is 62.3 Å². The van der Waals surface area contributed by atoms with Crippen molar-refractivity contribution in [2.45, 2.75) is 59.2 Å². The Morgan fingerprint density at radius 1 is 1.20 bits per heavy atom. The van der Waals surface area contributed by atoms with E-state index in [0.29, 0.717) is 24.1 Å². The van der Waals surface area contributed by atoms with Crippen LogP contribution in [0.4, 0.5) is 13.2 Å². The zero-order valence-corrected chi connectivity index (χ0v) is 18.4. The SMILES string of the molecule is Cc1cc(-c2noc(C(F)(F)F)n2)cc(C)c1OCCCCC1=NC(C(C)C)CS1. The lowest BCUT2D eigenvalue weighted by Gasteiger charge is -2.13. The van der Waals surface area contributed by atoms with Crippen molar-refractivity contribution >= 4 is 16.8 Å². The Hall–Kier alpha value is -2.03. The Labute approximate surface area is 178 Å². The average molecular weight is 442 g/mol. The molecule has 0 fully saturated rings. The maximum Gasteiger partial charge on any atom is 0.471 e. The summed E-state index contributed by atoms with van der Waals surface area (Å²) in [7, 11) is 0. The summed E-state index contributed by atoms with van der Waals surface area (Å²) in [5, 5.41) is 4.68. The molecule has 164 valence electrons. The Kier molecular flexibility index (Phi) is 7.10. The molecule has 1 atom stereocenters. The number of alkyl halides is 3. The van der Waals surface area contributed by atoms with Crippen LogP contribution < -0.4 is 4.74 Å². The van der Waals surface area contributed by atoms with E-state index in [4.69, 9.17) is 9.73 Å². The Morgan fingerprint density at radius 3 is 2.47 bits per heavy atom. The molecule has 9 heteroatoms. The lowest BCUT2D eigenvalue weighted by atomic mass is 10.1. The number of ether oxygens (including phenoxy) is 1. The standard InChI is InChI=1S/C21H26F3N3O2S/c1-12(2)16-11-30-17(25-16)7-5-6-8-28-18-13(3)9-15(10-14(18)4)19-26-20(29-27-19)21(22,23)24/h9-10,12,16H,5-8,11H2,1-4H3. The van der Waals surface area contributed by atoms with E-state index in [1.54, 1.807) is 12.1 Å². The molecule has 1 unspecified atom stereocenters. The van der Waals surface area contributed by atoms with E-state index in [-0.39, 0.29) is 5.82 Å². The minimum Gasteiger partial charge on any atom is -0.493 e. The van der Waals surface area contributed by atoms with E-state index < -0.39 is 12.1 Å². The fraction of sp³-hybridized carbons (Fsp3) is 0.571. The number of unbranched alkanes of at least 4 members (excludes halogenated alkanes) is 1. The number of thioether (sulfide) groups is 1. The molecule has 1 aliphatic rings. The predicted octanol–water partition coefficient (Wildman–Crippen LogP) is 6.09. The lowest BCUT2D eigenvalue weighted by Crippen LogP contribution is -2.11. The zero-order chi connectivity index (χ0) is 21.9. The van der Waals surface area contributed by atoms with Gasteiger partial charge in [0.2, 0.25) is 5.82 Å². The molecule has 0 saturated heterocycles. The average Bonchev–Trinajstić information content (AvgIpc) is 3.32. The van der Waals surface area contributed by atoms with E-state index in [9.17, 15) is 13.2 Å². The van der Waals surface area contributed by atoms with Gasteiger partial charge >= 0.3 is 12.1 Å². The second-order valence-electron chi connectivity index (χ2n) is 7.81. The molecule has 1 aliphatic heterocycles. The molecule has 0 amide bonds. The third-order valence-corrected chi connectivity index (χ3v) is 6.07. The predicted molar refractivity (Wildman–Crippen MR) is 112 cm³/mol. The van der Waals surface area contributed by atoms with E-state index >= 15 is 0 Å². The summed E-state index contributed by atoms with van der Waals surface area (Å²) in [4.78, 5) is 8.22. The number of benzene rings is 1. The number of rotatable bonds is 8. The third-order valence-electron chi connectivity index (χ3n) is 4.92. The molecule has 2 aromatic rings. The third kappa shape index (κ3) is 5.56. The molecular formula is C21H26F3N3O2S. The summed E-state index contributed by atoms with van der Waals surface area (Å²) in [6, 6.07) is 3.86. The maximum atomic E-state index is 12.7.